The van der Waals surface area contributed by atoms with Gasteiger partial charge in [0.15, 0.2) is 0 Å². The van der Waals surface area contributed by atoms with E-state index in [4.69, 9.17) is 5.73 Å². The lowest BCUT2D eigenvalue weighted by Crippen LogP contribution is -2.05. The predicted octanol–water partition coefficient (Wildman–Crippen LogP) is 2.77. The van der Waals surface area contributed by atoms with Gasteiger partial charge in [0.2, 0.25) is 0 Å². The fourth-order valence-electron chi connectivity index (χ4n) is 2.48. The van der Waals surface area contributed by atoms with Crippen LogP contribution in [0, 0.1) is 11.3 Å². The van der Waals surface area contributed by atoms with Gasteiger partial charge >= 0.3 is 0 Å². The molecule has 2 heterocycles. The third-order valence-electron chi connectivity index (χ3n) is 3.67. The van der Waals surface area contributed by atoms with Crippen molar-refractivity contribution in [2.45, 2.75) is 12.8 Å². The van der Waals surface area contributed by atoms with E-state index in [2.05, 4.69) is 21.5 Å². The van der Waals surface area contributed by atoms with E-state index in [1.54, 1.807) is 10.9 Å². The lowest BCUT2D eigenvalue weighted by molar-refractivity contribution is 0.789. The third-order valence-corrected chi connectivity index (χ3v) is 3.67. The van der Waals surface area contributed by atoms with Gasteiger partial charge in [0, 0.05) is 12.7 Å². The Kier molecular flexibility index (Phi) is 4.73. The number of nitrogens with one attached hydrogen (secondary N) is 1. The van der Waals surface area contributed by atoms with Gasteiger partial charge in [-0.15, -0.1) is 0 Å². The van der Waals surface area contributed by atoms with Crippen molar-refractivity contribution in [2.75, 3.05) is 17.6 Å². The minimum absolute atomic E-state index is 0.386. The van der Waals surface area contributed by atoms with E-state index in [0.29, 0.717) is 17.8 Å². The molecule has 6 nitrogen and oxygen atoms in total. The number of aryl methyl sites for hydroxylation is 1. The second kappa shape index (κ2) is 7.29. The third kappa shape index (κ3) is 3.36. The van der Waals surface area contributed by atoms with Gasteiger partial charge in [0.05, 0.1) is 11.4 Å². The maximum absolute atomic E-state index is 9.39. The number of benzene rings is 1. The maximum atomic E-state index is 9.39. The second-order valence-electron chi connectivity index (χ2n) is 5.31. The summed E-state index contributed by atoms with van der Waals surface area (Å²) in [4.78, 5) is 4.21. The fourth-order valence-corrected chi connectivity index (χ4v) is 2.48. The van der Waals surface area contributed by atoms with Crippen LogP contribution in [-0.4, -0.2) is 21.3 Å². The molecule has 0 aliphatic rings. The molecule has 0 saturated carbocycles. The monoisotopic (exact) mass is 318 g/mol. The van der Waals surface area contributed by atoms with Gasteiger partial charge in [-0.2, -0.15) is 10.4 Å². The molecule has 0 spiro atoms. The Bertz CT molecular complexity index is 833. The van der Waals surface area contributed by atoms with Crippen LogP contribution in [0.15, 0.2) is 54.7 Å². The molecular formula is C18H18N6. The van der Waals surface area contributed by atoms with Gasteiger partial charge in [-0.05, 0) is 37.1 Å². The van der Waals surface area contributed by atoms with Gasteiger partial charge in [-0.3, -0.25) is 0 Å². The largest absolute Gasteiger partial charge is 0.382 e. The molecule has 24 heavy (non-hydrogen) atoms. The summed E-state index contributed by atoms with van der Waals surface area (Å²) in [6, 6.07) is 17.5. The number of nitrogens with zero attached hydrogens (tertiary/aromatic N) is 4. The van der Waals surface area contributed by atoms with E-state index in [9.17, 15) is 5.26 Å². The number of nitrogens with two attached hydrogens (primary N) is 1. The Balaban J connectivity index is 1.68. The van der Waals surface area contributed by atoms with Gasteiger partial charge in [-0.25, -0.2) is 9.67 Å². The van der Waals surface area contributed by atoms with Gasteiger partial charge in [0.25, 0.3) is 0 Å². The molecule has 0 saturated heterocycles. The summed E-state index contributed by atoms with van der Waals surface area (Å²) >= 11 is 0. The van der Waals surface area contributed by atoms with Crippen LogP contribution < -0.4 is 11.1 Å². The number of aromatic nitrogens is 3. The summed E-state index contributed by atoms with van der Waals surface area (Å²) in [5.74, 6) is 1.23. The van der Waals surface area contributed by atoms with Crippen LogP contribution in [0.1, 0.15) is 17.7 Å². The summed E-state index contributed by atoms with van der Waals surface area (Å²) < 4.78 is 1.63. The van der Waals surface area contributed by atoms with E-state index < -0.39 is 0 Å². The molecule has 0 aliphatic carbocycles. The smallest absolute Gasteiger partial charge is 0.145 e. The second-order valence-corrected chi connectivity index (χ2v) is 5.31. The van der Waals surface area contributed by atoms with Crippen molar-refractivity contribution in [3.8, 4) is 11.8 Å². The standard InChI is InChI=1S/C18H18N6/c19-13-15-16(9-6-12-22-17-10-4-5-11-21-17)23-24(18(15)20)14-7-2-1-3-8-14/h1-5,7-8,10-11H,6,9,12,20H2,(H,21,22). The summed E-state index contributed by atoms with van der Waals surface area (Å²) in [6.07, 6.45) is 3.25. The van der Waals surface area contributed by atoms with E-state index >= 15 is 0 Å². The van der Waals surface area contributed by atoms with Crippen LogP contribution in [0.25, 0.3) is 5.69 Å². The lowest BCUT2D eigenvalue weighted by Gasteiger charge is -2.04. The number of hydrogen-bond donors (Lipinski definition) is 2. The highest BCUT2D eigenvalue weighted by molar-refractivity contribution is 5.56. The molecule has 0 amide bonds. The molecule has 0 radical (unpaired) electrons. The van der Waals surface area contributed by atoms with Crippen molar-refractivity contribution in [1.82, 2.24) is 14.8 Å². The first-order chi connectivity index (χ1) is 11.8. The van der Waals surface area contributed by atoms with Crippen LogP contribution in [0.2, 0.25) is 0 Å². The summed E-state index contributed by atoms with van der Waals surface area (Å²) in [6.45, 7) is 0.750. The zero-order chi connectivity index (χ0) is 16.8. The maximum Gasteiger partial charge on any atom is 0.145 e. The molecule has 120 valence electrons. The average Bonchev–Trinajstić information content (AvgIpc) is 2.96. The van der Waals surface area contributed by atoms with E-state index in [1.165, 1.54) is 0 Å². The lowest BCUT2D eigenvalue weighted by atomic mass is 10.1. The van der Waals surface area contributed by atoms with Crippen LogP contribution in [0.3, 0.4) is 0 Å². The Hall–Kier alpha value is -3.33. The van der Waals surface area contributed by atoms with Crippen LogP contribution in [-0.2, 0) is 6.42 Å². The van der Waals surface area contributed by atoms with Crippen molar-refractivity contribution in [2.24, 2.45) is 0 Å². The quantitative estimate of drug-likeness (QED) is 0.682. The topological polar surface area (TPSA) is 92.5 Å². The molecular weight excluding hydrogens is 300 g/mol. The van der Waals surface area contributed by atoms with Gasteiger partial charge in [0.1, 0.15) is 23.3 Å². The first-order valence-corrected chi connectivity index (χ1v) is 7.77. The molecule has 0 bridgehead atoms. The molecule has 0 unspecified atom stereocenters. The minimum Gasteiger partial charge on any atom is -0.382 e. The highest BCUT2D eigenvalue weighted by atomic mass is 15.3. The number of para-hydroxylation sites is 1. The summed E-state index contributed by atoms with van der Waals surface area (Å²) in [5.41, 5.74) is 8.12. The van der Waals surface area contributed by atoms with Crippen LogP contribution in [0.5, 0.6) is 0 Å². The Morgan fingerprint density at radius 3 is 2.62 bits per heavy atom. The molecule has 3 rings (SSSR count). The average molecular weight is 318 g/mol. The summed E-state index contributed by atoms with van der Waals surface area (Å²) in [7, 11) is 0. The molecule has 0 aliphatic heterocycles. The van der Waals surface area contributed by atoms with E-state index in [0.717, 1.165) is 30.2 Å². The van der Waals surface area contributed by atoms with Crippen molar-refractivity contribution in [3.05, 3.63) is 66.0 Å². The van der Waals surface area contributed by atoms with Gasteiger partial charge < -0.3 is 11.1 Å². The Labute approximate surface area is 140 Å². The number of anilines is 2. The summed E-state index contributed by atoms with van der Waals surface area (Å²) in [5, 5.41) is 17.2. The number of nitrogen functional groups attached to an aromatic ring is 1. The first-order valence-electron chi connectivity index (χ1n) is 7.77. The minimum atomic E-state index is 0.386. The highest BCUT2D eigenvalue weighted by Crippen LogP contribution is 2.21. The Morgan fingerprint density at radius 2 is 1.92 bits per heavy atom. The zero-order valence-electron chi connectivity index (χ0n) is 13.2. The first kappa shape index (κ1) is 15.6. The molecule has 1 aromatic carbocycles. The number of hydrogen-bond acceptors (Lipinski definition) is 5. The van der Waals surface area contributed by atoms with Crippen molar-refractivity contribution >= 4 is 11.6 Å². The molecule has 0 fully saturated rings. The van der Waals surface area contributed by atoms with E-state index in [-0.39, 0.29) is 0 Å². The zero-order valence-corrected chi connectivity index (χ0v) is 13.2. The normalized spacial score (nSPS) is 10.3. The molecule has 6 heteroatoms. The number of pyridine rings is 1. The number of nitriles is 1. The highest BCUT2D eigenvalue weighted by Gasteiger charge is 2.15. The van der Waals surface area contributed by atoms with Crippen LogP contribution >= 0.6 is 0 Å². The fraction of sp³-hybridized carbons (Fsp3) is 0.167. The SMILES string of the molecule is N#Cc1c(CCCNc2ccccn2)nn(-c2ccccc2)c1N. The van der Waals surface area contributed by atoms with Gasteiger partial charge in [-0.1, -0.05) is 24.3 Å². The van der Waals surface area contributed by atoms with Crippen molar-refractivity contribution in [3.63, 3.8) is 0 Å². The van der Waals surface area contributed by atoms with Crippen LogP contribution in [0.4, 0.5) is 11.6 Å². The number of rotatable bonds is 6. The predicted molar refractivity (Wildman–Crippen MR) is 93.7 cm³/mol. The van der Waals surface area contributed by atoms with Crippen molar-refractivity contribution < 1.29 is 0 Å². The molecule has 3 N–H and O–H groups in total. The molecule has 3 aromatic rings. The molecule has 0 atom stereocenters. The van der Waals surface area contributed by atoms with E-state index in [1.807, 2.05) is 48.5 Å². The Morgan fingerprint density at radius 1 is 1.12 bits per heavy atom. The van der Waals surface area contributed by atoms with Crippen molar-refractivity contribution in [1.29, 1.82) is 5.26 Å². The molecule has 2 aromatic heterocycles.